The van der Waals surface area contributed by atoms with E-state index in [1.807, 2.05) is 12.1 Å². The van der Waals surface area contributed by atoms with Crippen LogP contribution >= 0.6 is 0 Å². The summed E-state index contributed by atoms with van der Waals surface area (Å²) in [6, 6.07) is 8.83. The van der Waals surface area contributed by atoms with E-state index in [1.54, 1.807) is 36.3 Å². The number of benzene rings is 1. The first-order chi connectivity index (χ1) is 12.5. The van der Waals surface area contributed by atoms with Crippen LogP contribution in [0.3, 0.4) is 0 Å². The first-order valence-corrected chi connectivity index (χ1v) is 8.34. The van der Waals surface area contributed by atoms with Gasteiger partial charge in [0.2, 0.25) is 5.91 Å². The van der Waals surface area contributed by atoms with Crippen molar-refractivity contribution in [3.05, 3.63) is 53.9 Å². The molecule has 136 valence electrons. The number of likely N-dealkylation sites (N-methyl/N-ethyl adjacent to an activating group) is 1. The summed E-state index contributed by atoms with van der Waals surface area (Å²) in [5, 5.41) is 0. The zero-order chi connectivity index (χ0) is 18.5. The number of carbonyl (C=O) groups is 2. The minimum absolute atomic E-state index is 0.0882. The van der Waals surface area contributed by atoms with Gasteiger partial charge in [0, 0.05) is 37.1 Å². The third-order valence-corrected chi connectivity index (χ3v) is 4.20. The lowest BCUT2D eigenvalue weighted by Gasteiger charge is -2.27. The molecule has 1 aromatic heterocycles. The quantitative estimate of drug-likeness (QED) is 0.873. The van der Waals surface area contributed by atoms with Crippen molar-refractivity contribution in [1.29, 1.82) is 0 Å². The van der Waals surface area contributed by atoms with Crippen molar-refractivity contribution in [3.8, 4) is 11.1 Å². The van der Waals surface area contributed by atoms with E-state index in [9.17, 15) is 9.59 Å². The summed E-state index contributed by atoms with van der Waals surface area (Å²) in [4.78, 5) is 29.5. The van der Waals surface area contributed by atoms with Crippen LogP contribution in [0.15, 0.2) is 42.7 Å². The van der Waals surface area contributed by atoms with Crippen molar-refractivity contribution in [1.82, 2.24) is 9.88 Å². The molecule has 7 heteroatoms. The number of carbonyl (C=O) groups excluding carboxylic acids is 2. The molecular formula is C19H21N3O4. The van der Waals surface area contributed by atoms with Gasteiger partial charge in [-0.1, -0.05) is 12.1 Å². The Morgan fingerprint density at radius 2 is 1.92 bits per heavy atom. The Bertz CT molecular complexity index is 786. The van der Waals surface area contributed by atoms with Gasteiger partial charge in [-0.15, -0.1) is 0 Å². The van der Waals surface area contributed by atoms with Gasteiger partial charge in [-0.05, 0) is 23.8 Å². The van der Waals surface area contributed by atoms with Crippen LogP contribution in [0.2, 0.25) is 0 Å². The summed E-state index contributed by atoms with van der Waals surface area (Å²) in [5.74, 6) is -0.614. The molecule has 1 saturated heterocycles. The van der Waals surface area contributed by atoms with Crippen LogP contribution in [-0.2, 0) is 9.47 Å². The summed E-state index contributed by atoms with van der Waals surface area (Å²) in [5.41, 5.74) is 7.82. The summed E-state index contributed by atoms with van der Waals surface area (Å²) in [6.45, 7) is 2.13. The van der Waals surface area contributed by atoms with Gasteiger partial charge in [0.1, 0.15) is 0 Å². The highest BCUT2D eigenvalue weighted by molar-refractivity contribution is 5.95. The van der Waals surface area contributed by atoms with Gasteiger partial charge in [-0.25, -0.2) is 0 Å². The lowest BCUT2D eigenvalue weighted by atomic mass is 10.0. The van der Waals surface area contributed by atoms with Crippen LogP contribution < -0.4 is 5.73 Å². The molecule has 2 heterocycles. The van der Waals surface area contributed by atoms with Crippen molar-refractivity contribution in [2.45, 2.75) is 6.10 Å². The minimum Gasteiger partial charge on any atom is -0.376 e. The largest absolute Gasteiger partial charge is 0.376 e. The summed E-state index contributed by atoms with van der Waals surface area (Å²) >= 11 is 0. The van der Waals surface area contributed by atoms with Crippen LogP contribution in [0, 0.1) is 0 Å². The number of ether oxygens (including phenoxy) is 2. The normalized spacial score (nSPS) is 16.9. The minimum atomic E-state index is -0.526. The topological polar surface area (TPSA) is 94.8 Å². The van der Waals surface area contributed by atoms with Gasteiger partial charge >= 0.3 is 0 Å². The average Bonchev–Trinajstić information content (AvgIpc) is 2.68. The fraction of sp³-hybridized carbons (Fsp3) is 0.316. The van der Waals surface area contributed by atoms with Gasteiger partial charge in [0.15, 0.2) is 0 Å². The summed E-state index contributed by atoms with van der Waals surface area (Å²) in [6.07, 6.45) is 2.98. The van der Waals surface area contributed by atoms with Gasteiger partial charge in [-0.3, -0.25) is 14.6 Å². The van der Waals surface area contributed by atoms with Crippen molar-refractivity contribution in [3.63, 3.8) is 0 Å². The Balaban J connectivity index is 1.69. The SMILES string of the molecule is CN(CC1COCCO1)C(=O)c1ccc(-c2cncc(C(N)=O)c2)cc1. The van der Waals surface area contributed by atoms with Crippen LogP contribution in [0.25, 0.3) is 11.1 Å². The van der Waals surface area contributed by atoms with Crippen molar-refractivity contribution in [2.75, 3.05) is 33.4 Å². The molecule has 0 radical (unpaired) electrons. The van der Waals surface area contributed by atoms with Crippen molar-refractivity contribution in [2.24, 2.45) is 5.73 Å². The Labute approximate surface area is 151 Å². The molecule has 0 bridgehead atoms. The van der Waals surface area contributed by atoms with E-state index in [1.165, 1.54) is 6.20 Å². The van der Waals surface area contributed by atoms with Crippen molar-refractivity contribution < 1.29 is 19.1 Å². The zero-order valence-corrected chi connectivity index (χ0v) is 14.6. The molecule has 3 rings (SSSR count). The molecule has 1 unspecified atom stereocenters. The van der Waals surface area contributed by atoms with Crippen LogP contribution in [0.4, 0.5) is 0 Å². The average molecular weight is 355 g/mol. The van der Waals surface area contributed by atoms with E-state index in [2.05, 4.69) is 4.98 Å². The first-order valence-electron chi connectivity index (χ1n) is 8.34. The Kier molecular flexibility index (Phi) is 5.60. The number of nitrogens with zero attached hydrogens (tertiary/aromatic N) is 2. The van der Waals surface area contributed by atoms with E-state index in [0.29, 0.717) is 37.5 Å². The molecule has 2 aromatic rings. The van der Waals surface area contributed by atoms with Gasteiger partial charge < -0.3 is 20.1 Å². The molecule has 1 aromatic carbocycles. The van der Waals surface area contributed by atoms with E-state index in [4.69, 9.17) is 15.2 Å². The molecule has 0 spiro atoms. The number of pyridine rings is 1. The fourth-order valence-electron chi connectivity index (χ4n) is 2.79. The number of primary amides is 1. The van der Waals surface area contributed by atoms with Gasteiger partial charge in [0.05, 0.1) is 31.5 Å². The maximum Gasteiger partial charge on any atom is 0.253 e. The second-order valence-electron chi connectivity index (χ2n) is 6.16. The third-order valence-electron chi connectivity index (χ3n) is 4.20. The van der Waals surface area contributed by atoms with Gasteiger partial charge in [-0.2, -0.15) is 0 Å². The molecule has 1 atom stereocenters. The summed E-state index contributed by atoms with van der Waals surface area (Å²) in [7, 11) is 1.74. The smallest absolute Gasteiger partial charge is 0.253 e. The van der Waals surface area contributed by atoms with Crippen LogP contribution in [-0.4, -0.2) is 61.2 Å². The van der Waals surface area contributed by atoms with E-state index in [-0.39, 0.29) is 12.0 Å². The Morgan fingerprint density at radius 1 is 1.15 bits per heavy atom. The lowest BCUT2D eigenvalue weighted by molar-refractivity contribution is -0.0933. The monoisotopic (exact) mass is 355 g/mol. The van der Waals surface area contributed by atoms with E-state index in [0.717, 1.165) is 11.1 Å². The molecular weight excluding hydrogens is 334 g/mol. The maximum atomic E-state index is 12.6. The van der Waals surface area contributed by atoms with Crippen LogP contribution in [0.5, 0.6) is 0 Å². The van der Waals surface area contributed by atoms with Gasteiger partial charge in [0.25, 0.3) is 5.91 Å². The fourth-order valence-corrected chi connectivity index (χ4v) is 2.79. The standard InChI is InChI=1S/C19H21N3O4/c1-22(11-17-12-25-6-7-26-17)19(24)14-4-2-13(3-5-14)15-8-16(18(20)23)10-21-9-15/h2-5,8-10,17H,6-7,11-12H2,1H3,(H2,20,23). The highest BCUT2D eigenvalue weighted by atomic mass is 16.6. The second kappa shape index (κ2) is 8.07. The highest BCUT2D eigenvalue weighted by Crippen LogP contribution is 2.20. The summed E-state index contributed by atoms with van der Waals surface area (Å²) < 4.78 is 10.9. The predicted octanol–water partition coefficient (Wildman–Crippen LogP) is 1.33. The number of aromatic nitrogens is 1. The number of amides is 2. The third kappa shape index (κ3) is 4.25. The highest BCUT2D eigenvalue weighted by Gasteiger charge is 2.20. The molecule has 2 N–H and O–H groups in total. The van der Waals surface area contributed by atoms with E-state index < -0.39 is 5.91 Å². The number of rotatable bonds is 5. The first kappa shape index (κ1) is 18.0. The predicted molar refractivity (Wildman–Crippen MR) is 95.7 cm³/mol. The number of hydrogen-bond donors (Lipinski definition) is 1. The molecule has 0 aliphatic carbocycles. The molecule has 26 heavy (non-hydrogen) atoms. The zero-order valence-electron chi connectivity index (χ0n) is 14.6. The van der Waals surface area contributed by atoms with Crippen molar-refractivity contribution >= 4 is 11.8 Å². The Hall–Kier alpha value is -2.77. The maximum absolute atomic E-state index is 12.6. The second-order valence-corrected chi connectivity index (χ2v) is 6.16. The van der Waals surface area contributed by atoms with E-state index >= 15 is 0 Å². The molecule has 1 aliphatic heterocycles. The molecule has 0 saturated carbocycles. The molecule has 7 nitrogen and oxygen atoms in total. The van der Waals surface area contributed by atoms with Crippen LogP contribution in [0.1, 0.15) is 20.7 Å². The number of hydrogen-bond acceptors (Lipinski definition) is 5. The molecule has 1 fully saturated rings. The lowest BCUT2D eigenvalue weighted by Crippen LogP contribution is -2.40. The Morgan fingerprint density at radius 3 is 2.58 bits per heavy atom. The number of nitrogens with two attached hydrogens (primary N) is 1. The molecule has 2 amide bonds. The molecule has 1 aliphatic rings.